The van der Waals surface area contributed by atoms with Crippen LogP contribution in [0.4, 0.5) is 0 Å². The van der Waals surface area contributed by atoms with Crippen molar-refractivity contribution in [2.45, 2.75) is 281 Å². The summed E-state index contributed by atoms with van der Waals surface area (Å²) in [6.45, 7) is 3.36. The molecule has 62 heavy (non-hydrogen) atoms. The Morgan fingerprint density at radius 1 is 0.581 bits per heavy atom. The van der Waals surface area contributed by atoms with Crippen molar-refractivity contribution in [1.82, 2.24) is 5.32 Å². The molecule has 1 aliphatic rings. The smallest absolute Gasteiger partial charge is 0.249 e. The first kappa shape index (κ1) is 58.6. The van der Waals surface area contributed by atoms with Crippen LogP contribution in [0.15, 0.2) is 24.3 Å². The van der Waals surface area contributed by atoms with E-state index in [1.807, 2.05) is 0 Å². The number of rotatable bonds is 43. The van der Waals surface area contributed by atoms with Gasteiger partial charge in [-0.05, 0) is 38.5 Å². The number of carbonyl (C=O) groups excluding carboxylic acids is 1. The monoisotopic (exact) mass is 884 g/mol. The molecule has 0 aromatic rings. The number of allylic oxidation sites excluding steroid dienone is 4. The second-order valence-corrected chi connectivity index (χ2v) is 18.2. The lowest BCUT2D eigenvalue weighted by atomic mass is 9.98. The molecule has 8 N–H and O–H groups in total. The van der Waals surface area contributed by atoms with Gasteiger partial charge in [-0.25, -0.2) is 0 Å². The predicted octanol–water partition coefficient (Wildman–Crippen LogP) is 9.40. The Morgan fingerprint density at radius 3 is 1.52 bits per heavy atom. The van der Waals surface area contributed by atoms with Crippen molar-refractivity contribution in [1.29, 1.82) is 0 Å². The number of hydrogen-bond donors (Lipinski definition) is 8. The van der Waals surface area contributed by atoms with Gasteiger partial charge in [-0.2, -0.15) is 0 Å². The van der Waals surface area contributed by atoms with E-state index >= 15 is 0 Å². The quantitative estimate of drug-likeness (QED) is 0.0216. The zero-order chi connectivity index (χ0) is 45.5. The molecule has 0 spiro atoms. The van der Waals surface area contributed by atoms with Crippen LogP contribution in [0.1, 0.15) is 226 Å². The van der Waals surface area contributed by atoms with Crippen molar-refractivity contribution < 1.29 is 50.0 Å². The maximum atomic E-state index is 13.1. The molecule has 11 heteroatoms. The summed E-state index contributed by atoms with van der Waals surface area (Å²) in [7, 11) is 0. The molecular formula is C51H97NO10. The van der Waals surface area contributed by atoms with Crippen LogP contribution in [0, 0.1) is 0 Å². The lowest BCUT2D eigenvalue weighted by molar-refractivity contribution is -0.303. The van der Waals surface area contributed by atoms with Crippen molar-refractivity contribution in [3.63, 3.8) is 0 Å². The zero-order valence-electron chi connectivity index (χ0n) is 39.6. The Morgan fingerprint density at radius 2 is 1.03 bits per heavy atom. The normalized spacial score (nSPS) is 21.5. The fraction of sp³-hybridized carbons (Fsp3) is 0.902. The predicted molar refractivity (Wildman–Crippen MR) is 252 cm³/mol. The summed E-state index contributed by atoms with van der Waals surface area (Å²) in [6.07, 6.45) is 35.0. The first-order valence-corrected chi connectivity index (χ1v) is 25.7. The number of unbranched alkanes of at least 4 members (excludes halogenated alkanes) is 27. The van der Waals surface area contributed by atoms with E-state index in [1.165, 1.54) is 135 Å². The number of aliphatic hydroxyl groups is 7. The van der Waals surface area contributed by atoms with Crippen LogP contribution >= 0.6 is 0 Å². The summed E-state index contributed by atoms with van der Waals surface area (Å²) >= 11 is 0. The largest absolute Gasteiger partial charge is 0.394 e. The number of carbonyl (C=O) groups is 1. The maximum absolute atomic E-state index is 13.1. The van der Waals surface area contributed by atoms with Gasteiger partial charge in [0.25, 0.3) is 0 Å². The molecule has 0 radical (unpaired) electrons. The highest BCUT2D eigenvalue weighted by Crippen LogP contribution is 2.23. The van der Waals surface area contributed by atoms with Gasteiger partial charge in [0.05, 0.1) is 25.4 Å². The minimum atomic E-state index is -1.66. The Bertz CT molecular complexity index is 1060. The van der Waals surface area contributed by atoms with Crippen molar-refractivity contribution in [2.24, 2.45) is 0 Å². The second kappa shape index (κ2) is 41.1. The van der Waals surface area contributed by atoms with Crippen molar-refractivity contribution in [3.8, 4) is 0 Å². The van der Waals surface area contributed by atoms with Gasteiger partial charge in [0.15, 0.2) is 6.29 Å². The minimum absolute atomic E-state index is 0.260. The Labute approximate surface area is 378 Å². The fourth-order valence-electron chi connectivity index (χ4n) is 8.30. The minimum Gasteiger partial charge on any atom is -0.394 e. The number of ether oxygens (including phenoxy) is 2. The highest BCUT2D eigenvalue weighted by atomic mass is 16.7. The molecule has 1 rings (SSSR count). The van der Waals surface area contributed by atoms with E-state index in [4.69, 9.17) is 9.47 Å². The van der Waals surface area contributed by atoms with E-state index in [0.29, 0.717) is 19.3 Å². The van der Waals surface area contributed by atoms with E-state index in [0.717, 1.165) is 51.4 Å². The third-order valence-corrected chi connectivity index (χ3v) is 12.5. The molecule has 366 valence electrons. The lowest BCUT2D eigenvalue weighted by Gasteiger charge is -2.40. The third-order valence-electron chi connectivity index (χ3n) is 12.5. The molecule has 1 aliphatic heterocycles. The fourth-order valence-corrected chi connectivity index (χ4v) is 8.30. The average molecular weight is 884 g/mol. The highest BCUT2D eigenvalue weighted by molar-refractivity contribution is 5.80. The lowest BCUT2D eigenvalue weighted by Crippen LogP contribution is -2.60. The van der Waals surface area contributed by atoms with Crippen LogP contribution in [0.3, 0.4) is 0 Å². The van der Waals surface area contributed by atoms with Crippen molar-refractivity contribution in [3.05, 3.63) is 24.3 Å². The molecule has 1 fully saturated rings. The van der Waals surface area contributed by atoms with Gasteiger partial charge >= 0.3 is 0 Å². The Balaban J connectivity index is 2.37. The van der Waals surface area contributed by atoms with Gasteiger partial charge in [0.1, 0.15) is 36.6 Å². The number of amides is 1. The highest BCUT2D eigenvalue weighted by Gasteiger charge is 2.44. The van der Waals surface area contributed by atoms with E-state index in [2.05, 4.69) is 43.5 Å². The molecule has 1 amide bonds. The van der Waals surface area contributed by atoms with E-state index in [-0.39, 0.29) is 6.42 Å². The van der Waals surface area contributed by atoms with Gasteiger partial charge in [0, 0.05) is 0 Å². The molecule has 9 unspecified atom stereocenters. The van der Waals surface area contributed by atoms with E-state index in [1.54, 1.807) is 0 Å². The summed E-state index contributed by atoms with van der Waals surface area (Å²) in [4.78, 5) is 13.1. The standard InChI is InChI=1S/C51H97NO10/c1-3-5-7-9-11-13-15-17-19-20-21-22-23-25-27-29-31-33-35-37-39-44(55)50(60)52-42(41-61-51-49(59)48(58)47(57)45(40-53)62-51)46(56)43(54)38-36-34-32-30-28-26-24-18-16-14-12-10-8-6-4-2/h5,7,11,13,42-49,51,53-59H,3-4,6,8-10,12,14-41H2,1-2H3,(H,52,60)/b7-5-,13-11-. The Kier molecular flexibility index (Phi) is 38.8. The molecule has 1 heterocycles. The molecule has 9 atom stereocenters. The molecule has 11 nitrogen and oxygen atoms in total. The topological polar surface area (TPSA) is 189 Å². The first-order chi connectivity index (χ1) is 30.2. The second-order valence-electron chi connectivity index (χ2n) is 18.2. The van der Waals surface area contributed by atoms with Crippen LogP contribution in [0.25, 0.3) is 0 Å². The molecular weight excluding hydrogens is 787 g/mol. The zero-order valence-corrected chi connectivity index (χ0v) is 39.6. The van der Waals surface area contributed by atoms with Gasteiger partial charge in [-0.3, -0.25) is 4.79 Å². The third kappa shape index (κ3) is 29.9. The van der Waals surface area contributed by atoms with Crippen LogP contribution in [-0.2, 0) is 14.3 Å². The van der Waals surface area contributed by atoms with Gasteiger partial charge in [-0.15, -0.1) is 0 Å². The Hall–Kier alpha value is -1.41. The van der Waals surface area contributed by atoms with Crippen molar-refractivity contribution >= 4 is 5.91 Å². The molecule has 0 saturated carbocycles. The number of aliphatic hydroxyl groups excluding tert-OH is 7. The maximum Gasteiger partial charge on any atom is 0.249 e. The van der Waals surface area contributed by atoms with Gasteiger partial charge < -0.3 is 50.5 Å². The summed E-state index contributed by atoms with van der Waals surface area (Å²) in [5.41, 5.74) is 0. The van der Waals surface area contributed by atoms with Gasteiger partial charge in [0.2, 0.25) is 5.91 Å². The molecule has 1 saturated heterocycles. The van der Waals surface area contributed by atoms with E-state index in [9.17, 15) is 40.5 Å². The van der Waals surface area contributed by atoms with Gasteiger partial charge in [-0.1, -0.05) is 212 Å². The van der Waals surface area contributed by atoms with Crippen LogP contribution in [0.2, 0.25) is 0 Å². The van der Waals surface area contributed by atoms with Crippen LogP contribution in [-0.4, -0.2) is 110 Å². The summed E-state index contributed by atoms with van der Waals surface area (Å²) < 4.78 is 11.1. The van der Waals surface area contributed by atoms with Crippen LogP contribution in [0.5, 0.6) is 0 Å². The SMILES string of the molecule is CC/C=C\C/C=C\CCCCCCCCCCCCCCCC(O)C(=O)NC(COC1OC(CO)C(O)C(O)C1O)C(O)C(O)CCCCCCCCCCCCCCCCC. The summed E-state index contributed by atoms with van der Waals surface area (Å²) in [5, 5.41) is 75.9. The molecule has 0 aromatic carbocycles. The number of hydrogen-bond acceptors (Lipinski definition) is 10. The van der Waals surface area contributed by atoms with E-state index < -0.39 is 74.2 Å². The first-order valence-electron chi connectivity index (χ1n) is 25.7. The van der Waals surface area contributed by atoms with Crippen molar-refractivity contribution in [2.75, 3.05) is 13.2 Å². The number of nitrogens with one attached hydrogen (secondary N) is 1. The molecule has 0 aromatic heterocycles. The molecule has 0 bridgehead atoms. The summed E-state index contributed by atoms with van der Waals surface area (Å²) in [6, 6.07) is -1.17. The average Bonchev–Trinajstić information content (AvgIpc) is 3.27. The molecule has 0 aliphatic carbocycles. The summed E-state index contributed by atoms with van der Waals surface area (Å²) in [5.74, 6) is -0.696. The van der Waals surface area contributed by atoms with Crippen LogP contribution < -0.4 is 5.32 Å².